The number of halogens is 1. The van der Waals surface area contributed by atoms with Crippen molar-refractivity contribution in [3.63, 3.8) is 0 Å². The van der Waals surface area contributed by atoms with Crippen molar-refractivity contribution in [3.8, 4) is 0 Å². The van der Waals surface area contributed by atoms with Crippen LogP contribution in [0.4, 0.5) is 10.1 Å². The van der Waals surface area contributed by atoms with Crippen LogP contribution in [-0.4, -0.2) is 37.2 Å². The van der Waals surface area contributed by atoms with Crippen LogP contribution in [0.5, 0.6) is 0 Å². The molecule has 0 N–H and O–H groups in total. The van der Waals surface area contributed by atoms with Crippen molar-refractivity contribution in [2.45, 2.75) is 58.1 Å². The molecule has 1 heterocycles. The lowest BCUT2D eigenvalue weighted by Gasteiger charge is -2.31. The van der Waals surface area contributed by atoms with E-state index in [1.165, 1.54) is 17.0 Å². The average molecular weight is 363 g/mol. The normalized spacial score (nSPS) is 24.3. The molecule has 1 saturated carbocycles. The number of anilines is 1. The highest BCUT2D eigenvalue weighted by atomic mass is 19.1. The first-order valence-corrected chi connectivity index (χ1v) is 9.48. The van der Waals surface area contributed by atoms with Crippen LogP contribution in [0.2, 0.25) is 0 Å². The van der Waals surface area contributed by atoms with Gasteiger partial charge in [-0.15, -0.1) is 0 Å². The summed E-state index contributed by atoms with van der Waals surface area (Å²) in [5, 5.41) is 0. The summed E-state index contributed by atoms with van der Waals surface area (Å²) >= 11 is 0. The van der Waals surface area contributed by atoms with Gasteiger partial charge in [-0.2, -0.15) is 0 Å². The molecule has 6 heteroatoms. The van der Waals surface area contributed by atoms with Crippen molar-refractivity contribution < 1.29 is 23.5 Å². The lowest BCUT2D eigenvalue weighted by atomic mass is 10.0. The van der Waals surface area contributed by atoms with Gasteiger partial charge >= 0.3 is 5.97 Å². The Labute approximate surface area is 153 Å². The standard InChI is InChI=1S/C20H26FNO4/c1-3-5-9-26-20(24)13-6-7-17(16(21)10-13)22-14-11-15(19(22)23)18(12-14)25-8-4-2/h6-7,10,14-15,18H,3-5,8-9,11-12H2,1-2H3/t14-,15+,18+/m0/s1. The molecular weight excluding hydrogens is 337 g/mol. The van der Waals surface area contributed by atoms with E-state index in [1.54, 1.807) is 0 Å². The van der Waals surface area contributed by atoms with E-state index in [9.17, 15) is 14.0 Å². The summed E-state index contributed by atoms with van der Waals surface area (Å²) in [6.45, 7) is 5.00. The molecule has 0 radical (unpaired) electrons. The molecule has 1 aromatic rings. The molecule has 0 aromatic heterocycles. The van der Waals surface area contributed by atoms with Crippen molar-refractivity contribution in [2.24, 2.45) is 5.92 Å². The first-order chi connectivity index (χ1) is 12.6. The summed E-state index contributed by atoms with van der Waals surface area (Å²) < 4.78 is 25.5. The fourth-order valence-electron chi connectivity index (χ4n) is 3.79. The molecular formula is C20H26FNO4. The number of hydrogen-bond acceptors (Lipinski definition) is 4. The van der Waals surface area contributed by atoms with E-state index in [0.717, 1.165) is 31.7 Å². The van der Waals surface area contributed by atoms with E-state index in [4.69, 9.17) is 9.47 Å². The number of piperidine rings is 1. The number of fused-ring (bicyclic) bond motifs is 2. The number of esters is 1. The second-order valence-electron chi connectivity index (χ2n) is 7.00. The Morgan fingerprint density at radius 3 is 2.69 bits per heavy atom. The second kappa shape index (κ2) is 8.16. The highest BCUT2D eigenvalue weighted by Gasteiger charge is 2.52. The van der Waals surface area contributed by atoms with Crippen LogP contribution in [0.3, 0.4) is 0 Å². The first kappa shape index (κ1) is 18.8. The van der Waals surface area contributed by atoms with Crippen molar-refractivity contribution >= 4 is 17.6 Å². The van der Waals surface area contributed by atoms with Gasteiger partial charge in [0.15, 0.2) is 0 Å². The van der Waals surface area contributed by atoms with Crippen molar-refractivity contribution in [3.05, 3.63) is 29.6 Å². The van der Waals surface area contributed by atoms with Crippen LogP contribution >= 0.6 is 0 Å². The average Bonchev–Trinajstić information content (AvgIpc) is 3.18. The SMILES string of the molecule is CCCCOC(=O)c1ccc(N2C(=O)[C@@H]3C[C@H]2C[C@H]3OCCC)c(F)c1. The molecule has 1 aliphatic heterocycles. The highest BCUT2D eigenvalue weighted by molar-refractivity contribution is 6.00. The Morgan fingerprint density at radius 1 is 1.23 bits per heavy atom. The van der Waals surface area contributed by atoms with E-state index in [2.05, 4.69) is 0 Å². The molecule has 3 rings (SSSR count). The van der Waals surface area contributed by atoms with Crippen LogP contribution in [-0.2, 0) is 14.3 Å². The number of carbonyl (C=O) groups excluding carboxylic acids is 2. The molecule has 1 amide bonds. The van der Waals surface area contributed by atoms with Gasteiger partial charge in [-0.1, -0.05) is 20.3 Å². The Balaban J connectivity index is 1.69. The Bertz CT molecular complexity index is 678. The summed E-state index contributed by atoms with van der Waals surface area (Å²) in [4.78, 5) is 26.2. The molecule has 5 nitrogen and oxygen atoms in total. The molecule has 142 valence electrons. The van der Waals surface area contributed by atoms with Crippen molar-refractivity contribution in [2.75, 3.05) is 18.1 Å². The third kappa shape index (κ3) is 3.61. The van der Waals surface area contributed by atoms with E-state index in [-0.39, 0.29) is 35.2 Å². The van der Waals surface area contributed by atoms with Gasteiger partial charge in [0, 0.05) is 12.6 Å². The molecule has 2 bridgehead atoms. The van der Waals surface area contributed by atoms with Crippen LogP contribution in [0.25, 0.3) is 0 Å². The molecule has 3 atom stereocenters. The topological polar surface area (TPSA) is 55.8 Å². The fraction of sp³-hybridized carbons (Fsp3) is 0.600. The van der Waals surface area contributed by atoms with Gasteiger partial charge in [0.05, 0.1) is 29.9 Å². The van der Waals surface area contributed by atoms with Crippen LogP contribution in [0, 0.1) is 11.7 Å². The molecule has 2 aliphatic rings. The molecule has 0 spiro atoms. The number of rotatable bonds is 8. The van der Waals surface area contributed by atoms with Gasteiger partial charge in [-0.3, -0.25) is 4.79 Å². The zero-order valence-electron chi connectivity index (χ0n) is 15.4. The van der Waals surface area contributed by atoms with Crippen LogP contribution in [0.1, 0.15) is 56.3 Å². The lowest BCUT2D eigenvalue weighted by molar-refractivity contribution is -0.126. The number of amides is 1. The van der Waals surface area contributed by atoms with Gasteiger partial charge in [0.1, 0.15) is 5.82 Å². The van der Waals surface area contributed by atoms with Crippen LogP contribution in [0.15, 0.2) is 18.2 Å². The summed E-state index contributed by atoms with van der Waals surface area (Å²) in [6.07, 6.45) is 3.99. The number of ether oxygens (including phenoxy) is 2. The van der Waals surface area contributed by atoms with Crippen molar-refractivity contribution in [1.82, 2.24) is 0 Å². The zero-order chi connectivity index (χ0) is 18.7. The van der Waals surface area contributed by atoms with Crippen LogP contribution < -0.4 is 4.90 Å². The number of carbonyl (C=O) groups is 2. The number of nitrogens with zero attached hydrogens (tertiary/aromatic N) is 1. The maximum atomic E-state index is 14.6. The summed E-state index contributed by atoms with van der Waals surface area (Å²) in [5.74, 6) is -1.38. The predicted octanol–water partition coefficient (Wildman–Crippen LogP) is 3.70. The largest absolute Gasteiger partial charge is 0.462 e. The van der Waals surface area contributed by atoms with Gasteiger partial charge in [-0.25, -0.2) is 9.18 Å². The smallest absolute Gasteiger partial charge is 0.338 e. The van der Waals surface area contributed by atoms with E-state index in [1.807, 2.05) is 13.8 Å². The van der Waals surface area contributed by atoms with E-state index < -0.39 is 11.8 Å². The molecule has 26 heavy (non-hydrogen) atoms. The minimum Gasteiger partial charge on any atom is -0.462 e. The maximum absolute atomic E-state index is 14.6. The lowest BCUT2D eigenvalue weighted by Crippen LogP contribution is -2.43. The summed E-state index contributed by atoms with van der Waals surface area (Å²) in [7, 11) is 0. The number of unbranched alkanes of at least 4 members (excludes halogenated alkanes) is 1. The Hall–Kier alpha value is -1.95. The predicted molar refractivity (Wildman–Crippen MR) is 95.6 cm³/mol. The molecule has 0 unspecified atom stereocenters. The number of benzene rings is 1. The minimum absolute atomic E-state index is 0.0359. The zero-order valence-corrected chi connectivity index (χ0v) is 15.4. The quantitative estimate of drug-likeness (QED) is 0.522. The summed E-state index contributed by atoms with van der Waals surface area (Å²) in [6, 6.07) is 4.16. The Morgan fingerprint density at radius 2 is 2.04 bits per heavy atom. The molecule has 1 aromatic carbocycles. The first-order valence-electron chi connectivity index (χ1n) is 9.48. The van der Waals surface area contributed by atoms with E-state index in [0.29, 0.717) is 19.6 Å². The highest BCUT2D eigenvalue weighted by Crippen LogP contribution is 2.43. The molecule has 1 aliphatic carbocycles. The second-order valence-corrected chi connectivity index (χ2v) is 7.00. The fourth-order valence-corrected chi connectivity index (χ4v) is 3.79. The third-order valence-electron chi connectivity index (χ3n) is 5.11. The van der Waals surface area contributed by atoms with Gasteiger partial charge in [0.2, 0.25) is 5.91 Å². The van der Waals surface area contributed by atoms with Gasteiger partial charge in [-0.05, 0) is 43.9 Å². The number of hydrogen-bond donors (Lipinski definition) is 0. The maximum Gasteiger partial charge on any atom is 0.338 e. The van der Waals surface area contributed by atoms with Gasteiger partial charge < -0.3 is 14.4 Å². The summed E-state index contributed by atoms with van der Waals surface area (Å²) in [5.41, 5.74) is 0.407. The molecule has 1 saturated heterocycles. The third-order valence-corrected chi connectivity index (χ3v) is 5.11. The van der Waals surface area contributed by atoms with E-state index >= 15 is 0 Å². The Kier molecular flexibility index (Phi) is 5.91. The monoisotopic (exact) mass is 363 g/mol. The van der Waals surface area contributed by atoms with Crippen molar-refractivity contribution in [1.29, 1.82) is 0 Å². The van der Waals surface area contributed by atoms with Gasteiger partial charge in [0.25, 0.3) is 0 Å². The molecule has 2 fully saturated rings. The minimum atomic E-state index is -0.568.